The summed E-state index contributed by atoms with van der Waals surface area (Å²) in [7, 11) is -2.24. The number of hydrogen-bond donors (Lipinski definition) is 0. The topological polar surface area (TPSA) is 23.8 Å². The maximum absolute atomic E-state index is 6.73. The summed E-state index contributed by atoms with van der Waals surface area (Å²) in [5, 5.41) is 2.05. The van der Waals surface area contributed by atoms with Gasteiger partial charge in [0.15, 0.2) is 0 Å². The van der Waals surface area contributed by atoms with Crippen LogP contribution in [0.4, 0.5) is 5.69 Å². The van der Waals surface area contributed by atoms with Crippen LogP contribution in [-0.4, -0.2) is 52.0 Å². The Labute approximate surface area is 210 Å². The fourth-order valence-corrected chi connectivity index (χ4v) is 10.2. The Morgan fingerprint density at radius 1 is 0.912 bits per heavy atom. The standard InChI is InChI=1S/C28H38ClN4P/c1-7-31-17-19-32(20-18-31)34(28(4,5)6,30-26-16-12-11-15-25(26)29)27-22(2)21-33(23(27)3)24-13-9-8-10-14-24/h8-16,21H,7,17-20H2,1-6H3/t34-/m1/s1. The zero-order valence-corrected chi connectivity index (χ0v) is 23.1. The van der Waals surface area contributed by atoms with E-state index in [0.29, 0.717) is 0 Å². The first-order chi connectivity index (χ1) is 16.2. The normalized spacial score (nSPS) is 17.5. The maximum atomic E-state index is 6.73. The van der Waals surface area contributed by atoms with Crippen molar-refractivity contribution in [3.05, 3.63) is 77.1 Å². The van der Waals surface area contributed by atoms with E-state index >= 15 is 0 Å². The van der Waals surface area contributed by atoms with Crippen molar-refractivity contribution in [2.24, 2.45) is 4.74 Å². The minimum atomic E-state index is -2.24. The number of piperazine rings is 1. The summed E-state index contributed by atoms with van der Waals surface area (Å²) in [5.41, 5.74) is 4.67. The molecule has 0 saturated carbocycles. The number of hydrogen-bond acceptors (Lipinski definition) is 2. The minimum Gasteiger partial charge on any atom is -0.320 e. The number of benzene rings is 2. The van der Waals surface area contributed by atoms with E-state index in [0.717, 1.165) is 43.4 Å². The molecule has 2 heterocycles. The number of nitrogens with zero attached hydrogens (tertiary/aromatic N) is 4. The van der Waals surface area contributed by atoms with Crippen LogP contribution in [0.15, 0.2) is 65.5 Å². The number of aromatic nitrogens is 1. The van der Waals surface area contributed by atoms with Gasteiger partial charge in [-0.15, -0.1) is 0 Å². The largest absolute Gasteiger partial charge is 0.320 e. The molecule has 4 nitrogen and oxygen atoms in total. The molecule has 6 heteroatoms. The van der Waals surface area contributed by atoms with Gasteiger partial charge in [-0.2, -0.15) is 0 Å². The van der Waals surface area contributed by atoms with Gasteiger partial charge in [-0.3, -0.25) is 4.67 Å². The highest BCUT2D eigenvalue weighted by Gasteiger charge is 2.45. The van der Waals surface area contributed by atoms with Crippen LogP contribution in [0.2, 0.25) is 5.02 Å². The molecule has 2 aromatic carbocycles. The van der Waals surface area contributed by atoms with Crippen molar-refractivity contribution in [2.45, 2.75) is 46.7 Å². The van der Waals surface area contributed by atoms with E-state index in [-0.39, 0.29) is 5.16 Å². The van der Waals surface area contributed by atoms with Crippen molar-refractivity contribution in [1.29, 1.82) is 0 Å². The molecular formula is C28H38ClN4P. The van der Waals surface area contributed by atoms with Crippen molar-refractivity contribution < 1.29 is 0 Å². The van der Waals surface area contributed by atoms with Gasteiger partial charge in [-0.25, -0.2) is 4.74 Å². The smallest absolute Gasteiger partial charge is 0.0819 e. The molecule has 0 N–H and O–H groups in total. The number of aryl methyl sites for hydroxylation is 1. The Hall–Kier alpha value is -1.84. The molecule has 1 saturated heterocycles. The van der Waals surface area contributed by atoms with Gasteiger partial charge in [0.2, 0.25) is 0 Å². The van der Waals surface area contributed by atoms with Crippen LogP contribution in [0.5, 0.6) is 0 Å². The van der Waals surface area contributed by atoms with E-state index in [1.807, 2.05) is 18.2 Å². The van der Waals surface area contributed by atoms with E-state index in [9.17, 15) is 0 Å². The predicted molar refractivity (Wildman–Crippen MR) is 149 cm³/mol. The third-order valence-corrected chi connectivity index (χ3v) is 12.2. The summed E-state index contributed by atoms with van der Waals surface area (Å²) in [5.74, 6) is 0. The first kappa shape index (κ1) is 25.3. The molecule has 0 aliphatic carbocycles. The van der Waals surface area contributed by atoms with Crippen molar-refractivity contribution >= 4 is 29.8 Å². The first-order valence-corrected chi connectivity index (χ1v) is 14.4. The third kappa shape index (κ3) is 4.54. The van der Waals surface area contributed by atoms with Crippen molar-refractivity contribution in [3.8, 4) is 5.69 Å². The summed E-state index contributed by atoms with van der Waals surface area (Å²) in [4.78, 5) is 2.54. The summed E-state index contributed by atoms with van der Waals surface area (Å²) in [6.07, 6.45) is 2.30. The molecule has 1 atom stereocenters. The highest BCUT2D eigenvalue weighted by molar-refractivity contribution is 7.73. The molecule has 182 valence electrons. The lowest BCUT2D eigenvalue weighted by molar-refractivity contribution is 0.198. The zero-order valence-electron chi connectivity index (χ0n) is 21.4. The van der Waals surface area contributed by atoms with Gasteiger partial charge in [0.05, 0.1) is 17.9 Å². The third-order valence-electron chi connectivity index (χ3n) is 6.99. The second-order valence-corrected chi connectivity index (χ2v) is 14.3. The van der Waals surface area contributed by atoms with E-state index < -0.39 is 7.21 Å². The Kier molecular flexibility index (Phi) is 7.45. The van der Waals surface area contributed by atoms with Gasteiger partial charge in [0, 0.05) is 54.2 Å². The van der Waals surface area contributed by atoms with Crippen LogP contribution in [0.1, 0.15) is 39.0 Å². The monoisotopic (exact) mass is 496 g/mol. The quantitative estimate of drug-likeness (QED) is 0.347. The van der Waals surface area contributed by atoms with Crippen LogP contribution < -0.4 is 5.30 Å². The molecule has 0 amide bonds. The van der Waals surface area contributed by atoms with Gasteiger partial charge >= 0.3 is 0 Å². The van der Waals surface area contributed by atoms with Crippen molar-refractivity contribution in [2.75, 3.05) is 32.7 Å². The molecule has 34 heavy (non-hydrogen) atoms. The average molecular weight is 497 g/mol. The number of halogens is 1. The van der Waals surface area contributed by atoms with Crippen LogP contribution in [-0.2, 0) is 0 Å². The van der Waals surface area contributed by atoms with Gasteiger partial charge in [0.25, 0.3) is 0 Å². The molecule has 3 aromatic rings. The van der Waals surface area contributed by atoms with Crippen LogP contribution in [0.3, 0.4) is 0 Å². The number of rotatable bonds is 5. The van der Waals surface area contributed by atoms with E-state index in [1.54, 1.807) is 0 Å². The lowest BCUT2D eigenvalue weighted by Crippen LogP contribution is -2.49. The summed E-state index contributed by atoms with van der Waals surface area (Å²) >= 11 is 6.73. The molecule has 1 aliphatic heterocycles. The van der Waals surface area contributed by atoms with E-state index in [1.165, 1.54) is 22.2 Å². The van der Waals surface area contributed by atoms with Crippen molar-refractivity contribution in [3.63, 3.8) is 0 Å². The molecule has 0 spiro atoms. The summed E-state index contributed by atoms with van der Waals surface area (Å²) < 4.78 is 10.8. The lowest BCUT2D eigenvalue weighted by Gasteiger charge is -2.49. The van der Waals surface area contributed by atoms with Gasteiger partial charge in [0.1, 0.15) is 0 Å². The predicted octanol–water partition coefficient (Wildman–Crippen LogP) is 7.26. The highest BCUT2D eigenvalue weighted by atomic mass is 35.5. The fourth-order valence-electron chi connectivity index (χ4n) is 5.28. The summed E-state index contributed by atoms with van der Waals surface area (Å²) in [6, 6.07) is 18.7. The molecule has 1 aliphatic rings. The maximum Gasteiger partial charge on any atom is 0.0819 e. The molecular weight excluding hydrogens is 459 g/mol. The Morgan fingerprint density at radius 2 is 1.53 bits per heavy atom. The Bertz CT molecular complexity index is 1180. The molecule has 0 bridgehead atoms. The Morgan fingerprint density at radius 3 is 2.12 bits per heavy atom. The minimum absolute atomic E-state index is 0.0705. The lowest BCUT2D eigenvalue weighted by atomic mass is 10.2. The molecule has 0 radical (unpaired) electrons. The van der Waals surface area contributed by atoms with Gasteiger partial charge < -0.3 is 9.47 Å². The highest BCUT2D eigenvalue weighted by Crippen LogP contribution is 2.65. The van der Waals surface area contributed by atoms with E-state index in [4.69, 9.17) is 16.3 Å². The first-order valence-electron chi connectivity index (χ1n) is 12.3. The van der Waals surface area contributed by atoms with Crippen LogP contribution in [0, 0.1) is 13.8 Å². The molecule has 0 unspecified atom stereocenters. The van der Waals surface area contributed by atoms with Gasteiger partial charge in [-0.05, 0) is 50.2 Å². The molecule has 1 fully saturated rings. The fraction of sp³-hybridized carbons (Fsp3) is 0.429. The van der Waals surface area contributed by atoms with Crippen LogP contribution in [0.25, 0.3) is 5.69 Å². The van der Waals surface area contributed by atoms with Crippen LogP contribution >= 0.6 is 18.8 Å². The van der Waals surface area contributed by atoms with Crippen molar-refractivity contribution in [1.82, 2.24) is 14.1 Å². The summed E-state index contributed by atoms with van der Waals surface area (Å²) in [6.45, 7) is 19.2. The average Bonchev–Trinajstić information content (AvgIpc) is 3.12. The molecule has 4 rings (SSSR count). The SMILES string of the molecule is CCN1CCN([P@](=Nc2ccccc2Cl)(c2c(C)cn(-c3ccccc3)c2C)C(C)(C)C)CC1. The Balaban J connectivity index is 2.03. The zero-order chi connectivity index (χ0) is 24.5. The molecule has 1 aromatic heterocycles. The van der Waals surface area contributed by atoms with E-state index in [2.05, 4.69) is 98.3 Å². The second-order valence-electron chi connectivity index (χ2n) is 10.2. The number of para-hydroxylation sites is 1. The number of likely N-dealkylation sites (N-methyl/N-ethyl adjacent to an activating group) is 1. The second kappa shape index (κ2) is 10.0. The van der Waals surface area contributed by atoms with Gasteiger partial charge in [-0.1, -0.05) is 69.6 Å².